The molecule has 3 aromatic carbocycles. The lowest BCUT2D eigenvalue weighted by Gasteiger charge is -2.29. The van der Waals surface area contributed by atoms with Crippen molar-refractivity contribution < 1.29 is 23.7 Å². The molecule has 0 saturated carbocycles. The second-order valence-corrected chi connectivity index (χ2v) is 9.38. The molecule has 2 heterocycles. The molecule has 1 aliphatic rings. The Kier molecular flexibility index (Phi) is 7.79. The zero-order valence-electron chi connectivity index (χ0n) is 22.4. The number of halogens is 1. The van der Waals surface area contributed by atoms with E-state index in [1.165, 1.54) is 13.4 Å². The second kappa shape index (κ2) is 11.6. The second-order valence-electron chi connectivity index (χ2n) is 8.94. The van der Waals surface area contributed by atoms with Gasteiger partial charge in [0.1, 0.15) is 30.5 Å². The molecule has 0 aliphatic carbocycles. The summed E-state index contributed by atoms with van der Waals surface area (Å²) in [6.45, 7) is 2.16. The smallest absolute Gasteiger partial charge is 0.255 e. The van der Waals surface area contributed by atoms with E-state index in [0.717, 1.165) is 11.1 Å². The first-order chi connectivity index (χ1) is 19.4. The molecule has 2 N–H and O–H groups in total. The number of aromatic nitrogens is 3. The number of ether oxygens (including phenoxy) is 4. The lowest BCUT2D eigenvalue weighted by molar-refractivity contribution is -0.113. The van der Waals surface area contributed by atoms with E-state index in [-0.39, 0.29) is 5.91 Å². The summed E-state index contributed by atoms with van der Waals surface area (Å²) >= 11 is 5.99. The molecule has 1 aliphatic heterocycles. The fraction of sp³-hybridized carbons (Fsp3) is 0.207. The molecule has 5 rings (SSSR count). The Morgan fingerprint density at radius 3 is 2.48 bits per heavy atom. The Morgan fingerprint density at radius 1 is 0.975 bits per heavy atom. The molecule has 1 amide bonds. The lowest BCUT2D eigenvalue weighted by Crippen LogP contribution is -2.31. The molecule has 0 radical (unpaired) electrons. The van der Waals surface area contributed by atoms with E-state index in [1.54, 1.807) is 37.1 Å². The van der Waals surface area contributed by atoms with Gasteiger partial charge in [0.2, 0.25) is 5.95 Å². The van der Waals surface area contributed by atoms with Crippen LogP contribution in [0.4, 0.5) is 11.6 Å². The summed E-state index contributed by atoms with van der Waals surface area (Å²) in [5.41, 5.74) is 3.31. The highest BCUT2D eigenvalue weighted by atomic mass is 35.5. The van der Waals surface area contributed by atoms with Gasteiger partial charge in [-0.15, -0.1) is 0 Å². The van der Waals surface area contributed by atoms with Crippen LogP contribution in [0.1, 0.15) is 24.1 Å². The van der Waals surface area contributed by atoms with Crippen molar-refractivity contribution in [2.24, 2.45) is 0 Å². The van der Waals surface area contributed by atoms with Gasteiger partial charge in [0.05, 0.1) is 32.6 Å². The number of hydrogen-bond acceptors (Lipinski definition) is 8. The fourth-order valence-electron chi connectivity index (χ4n) is 4.50. The van der Waals surface area contributed by atoms with E-state index in [2.05, 4.69) is 20.7 Å². The van der Waals surface area contributed by atoms with E-state index in [4.69, 9.17) is 30.5 Å². The standard InChI is InChI=1S/C29H28ClN5O5/c1-17-26(28(36)34-22-11-10-21(37-2)14-24(22)38-3)27(35-29(33-17)31-16-32-35)19-7-12-23(25(13-19)39-4)40-15-18-5-8-20(30)9-6-18/h5-14,16,27H,15H2,1-4H3,(H,34,36)(H,31,32,33)/t27-/m1/s1. The molecular weight excluding hydrogens is 534 g/mol. The van der Waals surface area contributed by atoms with Crippen molar-refractivity contribution in [1.82, 2.24) is 14.8 Å². The minimum absolute atomic E-state index is 0.332. The van der Waals surface area contributed by atoms with Gasteiger partial charge in [-0.25, -0.2) is 4.68 Å². The van der Waals surface area contributed by atoms with Gasteiger partial charge in [0, 0.05) is 16.8 Å². The quantitative estimate of drug-likeness (QED) is 0.277. The zero-order valence-corrected chi connectivity index (χ0v) is 23.2. The van der Waals surface area contributed by atoms with Crippen LogP contribution in [0.15, 0.2) is 78.3 Å². The number of rotatable bonds is 9. The molecule has 11 heteroatoms. The normalized spacial score (nSPS) is 14.2. The SMILES string of the molecule is COc1ccc(NC(=O)C2=C(C)Nc3ncnn3[C@@H]2c2ccc(OCc3ccc(Cl)cc3)c(OC)c2)c(OC)c1. The summed E-state index contributed by atoms with van der Waals surface area (Å²) in [6.07, 6.45) is 1.44. The van der Waals surface area contributed by atoms with Crippen molar-refractivity contribution >= 4 is 29.1 Å². The monoisotopic (exact) mass is 561 g/mol. The molecule has 0 unspecified atom stereocenters. The predicted octanol–water partition coefficient (Wildman–Crippen LogP) is 5.46. The van der Waals surface area contributed by atoms with Crippen LogP contribution in [-0.4, -0.2) is 42.0 Å². The number of amides is 1. The molecule has 206 valence electrons. The molecular formula is C29H28ClN5O5. The number of hydrogen-bond donors (Lipinski definition) is 2. The van der Waals surface area contributed by atoms with Crippen molar-refractivity contribution in [3.63, 3.8) is 0 Å². The minimum Gasteiger partial charge on any atom is -0.497 e. The highest BCUT2D eigenvalue weighted by Gasteiger charge is 2.34. The van der Waals surface area contributed by atoms with Crippen molar-refractivity contribution in [2.45, 2.75) is 19.6 Å². The Bertz CT molecular complexity index is 1570. The van der Waals surface area contributed by atoms with Gasteiger partial charge < -0.3 is 29.6 Å². The Balaban J connectivity index is 1.47. The molecule has 0 fully saturated rings. The van der Waals surface area contributed by atoms with Crippen LogP contribution in [0.25, 0.3) is 0 Å². The number of carbonyl (C=O) groups excluding carboxylic acids is 1. The molecule has 10 nitrogen and oxygen atoms in total. The minimum atomic E-state index is -0.595. The Morgan fingerprint density at radius 2 is 1.75 bits per heavy atom. The van der Waals surface area contributed by atoms with E-state index in [1.807, 2.05) is 49.4 Å². The van der Waals surface area contributed by atoms with Gasteiger partial charge in [-0.05, 0) is 54.4 Å². The van der Waals surface area contributed by atoms with Crippen molar-refractivity contribution in [1.29, 1.82) is 0 Å². The van der Waals surface area contributed by atoms with Crippen LogP contribution >= 0.6 is 11.6 Å². The highest BCUT2D eigenvalue weighted by Crippen LogP contribution is 2.39. The largest absolute Gasteiger partial charge is 0.497 e. The summed E-state index contributed by atoms with van der Waals surface area (Å²) < 4.78 is 24.1. The van der Waals surface area contributed by atoms with E-state index < -0.39 is 6.04 Å². The number of nitrogens with one attached hydrogen (secondary N) is 2. The predicted molar refractivity (Wildman–Crippen MR) is 151 cm³/mol. The lowest BCUT2D eigenvalue weighted by atomic mass is 9.94. The number of anilines is 2. The number of carbonyl (C=O) groups is 1. The fourth-order valence-corrected chi connectivity index (χ4v) is 4.63. The topological polar surface area (TPSA) is 109 Å². The third-order valence-corrected chi connectivity index (χ3v) is 6.76. The van der Waals surface area contributed by atoms with E-state index in [0.29, 0.717) is 57.5 Å². The number of fused-ring (bicyclic) bond motifs is 1. The van der Waals surface area contributed by atoms with Gasteiger partial charge in [0.25, 0.3) is 5.91 Å². The summed E-state index contributed by atoms with van der Waals surface area (Å²) in [7, 11) is 4.67. The van der Waals surface area contributed by atoms with Crippen LogP contribution in [0, 0.1) is 0 Å². The van der Waals surface area contributed by atoms with Gasteiger partial charge in [-0.2, -0.15) is 10.1 Å². The van der Waals surface area contributed by atoms with Gasteiger partial charge in [-0.1, -0.05) is 29.8 Å². The summed E-state index contributed by atoms with van der Waals surface area (Å²) in [5, 5.41) is 11.2. The van der Waals surface area contributed by atoms with Gasteiger partial charge in [-0.3, -0.25) is 4.79 Å². The first kappa shape index (κ1) is 26.9. The Hall–Kier alpha value is -4.70. The molecule has 1 aromatic heterocycles. The molecule has 1 atom stereocenters. The summed E-state index contributed by atoms with van der Waals surface area (Å²) in [4.78, 5) is 18.1. The first-order valence-corrected chi connectivity index (χ1v) is 12.8. The third kappa shape index (κ3) is 5.39. The highest BCUT2D eigenvalue weighted by molar-refractivity contribution is 6.30. The average molecular weight is 562 g/mol. The number of nitrogens with zero attached hydrogens (tertiary/aromatic N) is 3. The molecule has 0 spiro atoms. The maximum atomic E-state index is 13.8. The number of benzene rings is 3. The molecule has 40 heavy (non-hydrogen) atoms. The van der Waals surface area contributed by atoms with Crippen LogP contribution in [0.5, 0.6) is 23.0 Å². The molecule has 0 saturated heterocycles. The van der Waals surface area contributed by atoms with Gasteiger partial charge in [0.15, 0.2) is 11.5 Å². The number of allylic oxidation sites excluding steroid dienone is 1. The molecule has 4 aromatic rings. The first-order valence-electron chi connectivity index (χ1n) is 12.4. The van der Waals surface area contributed by atoms with E-state index in [9.17, 15) is 4.79 Å². The van der Waals surface area contributed by atoms with Crippen molar-refractivity contribution in [3.8, 4) is 23.0 Å². The maximum absolute atomic E-state index is 13.8. The summed E-state index contributed by atoms with van der Waals surface area (Å²) in [6, 6.07) is 17.6. The van der Waals surface area contributed by atoms with Crippen molar-refractivity contribution in [3.05, 3.63) is 94.4 Å². The van der Waals surface area contributed by atoms with Crippen LogP contribution in [0.2, 0.25) is 5.02 Å². The van der Waals surface area contributed by atoms with Crippen LogP contribution in [0.3, 0.4) is 0 Å². The average Bonchev–Trinajstić information content (AvgIpc) is 3.44. The zero-order chi connectivity index (χ0) is 28.2. The van der Waals surface area contributed by atoms with Crippen LogP contribution < -0.4 is 29.6 Å². The van der Waals surface area contributed by atoms with Crippen molar-refractivity contribution in [2.75, 3.05) is 32.0 Å². The summed E-state index contributed by atoms with van der Waals surface area (Å²) in [5.74, 6) is 2.34. The van der Waals surface area contributed by atoms with Gasteiger partial charge >= 0.3 is 0 Å². The Labute approximate surface area is 236 Å². The van der Waals surface area contributed by atoms with E-state index >= 15 is 0 Å². The molecule has 0 bridgehead atoms. The van der Waals surface area contributed by atoms with Crippen LogP contribution in [-0.2, 0) is 11.4 Å². The maximum Gasteiger partial charge on any atom is 0.255 e. The number of methoxy groups -OCH3 is 3. The third-order valence-electron chi connectivity index (χ3n) is 6.51.